The van der Waals surface area contributed by atoms with Crippen LogP contribution >= 0.6 is 0 Å². The van der Waals surface area contributed by atoms with E-state index in [2.05, 4.69) is 11.7 Å². The minimum absolute atomic E-state index is 0.0548. The normalized spacial score (nSPS) is 16.1. The maximum absolute atomic E-state index is 15.7. The Kier molecular flexibility index (Phi) is 11.4. The SMILES string of the molecule is CCC[C@@H]1CCC(c2cc(OCc3ccccc3)c(-c3cc(F)c(C(F)(F)Oc4cc(F)c(F)c(F)c4)c(F)c3)c(OCc3ccccc3)c2)OC1. The van der Waals surface area contributed by atoms with Gasteiger partial charge in [-0.15, -0.1) is 0 Å². The Balaban J connectivity index is 1.43. The Morgan fingerprint density at radius 1 is 0.692 bits per heavy atom. The third-order valence-corrected chi connectivity index (χ3v) is 8.83. The predicted octanol–water partition coefficient (Wildman–Crippen LogP) is 11.6. The monoisotopic (exact) mass is 724 g/mol. The van der Waals surface area contributed by atoms with Gasteiger partial charge in [0.2, 0.25) is 0 Å². The molecule has 1 aliphatic rings. The molecule has 1 unspecified atom stereocenters. The van der Waals surface area contributed by atoms with Crippen LogP contribution in [0.15, 0.2) is 97.1 Å². The molecule has 0 bridgehead atoms. The maximum Gasteiger partial charge on any atom is 0.432 e. The molecule has 5 aromatic rings. The highest BCUT2D eigenvalue weighted by Crippen LogP contribution is 2.46. The summed E-state index contributed by atoms with van der Waals surface area (Å²) in [6.45, 7) is 2.79. The van der Waals surface area contributed by atoms with Gasteiger partial charge in [-0.3, -0.25) is 0 Å². The molecule has 0 N–H and O–H groups in total. The zero-order valence-electron chi connectivity index (χ0n) is 28.1. The van der Waals surface area contributed by atoms with E-state index >= 15 is 17.6 Å². The number of halogens is 7. The van der Waals surface area contributed by atoms with Crippen LogP contribution in [-0.2, 0) is 24.1 Å². The standard InChI is InChI=1S/C41H35F7O4/c1-2-9-25-14-15-35(49-22-25)28-18-36(50-23-26-10-5-3-6-11-26)38(37(19-28)51-24-27-12-7-4-8-13-27)29-16-31(42)39(32(43)17-29)41(47,48)52-30-20-33(44)40(46)34(45)21-30/h3-8,10-13,16-21,25,35H,2,9,14-15,22-24H2,1H3/t25-,35?/m1/s1. The van der Waals surface area contributed by atoms with Gasteiger partial charge in [0.15, 0.2) is 17.5 Å². The van der Waals surface area contributed by atoms with E-state index in [-0.39, 0.29) is 54.1 Å². The number of hydrogen-bond donors (Lipinski definition) is 0. The first kappa shape index (κ1) is 36.8. The molecule has 0 amide bonds. The van der Waals surface area contributed by atoms with Crippen molar-refractivity contribution in [3.05, 3.63) is 148 Å². The van der Waals surface area contributed by atoms with E-state index in [0.717, 1.165) is 36.8 Å². The zero-order valence-corrected chi connectivity index (χ0v) is 28.1. The van der Waals surface area contributed by atoms with Gasteiger partial charge in [-0.05, 0) is 71.7 Å². The number of alkyl halides is 2. The number of benzene rings is 5. The minimum atomic E-state index is -4.76. The van der Waals surface area contributed by atoms with Crippen LogP contribution in [0.25, 0.3) is 11.1 Å². The van der Waals surface area contributed by atoms with E-state index in [0.29, 0.717) is 30.2 Å². The van der Waals surface area contributed by atoms with E-state index in [4.69, 9.17) is 14.2 Å². The number of rotatable bonds is 13. The van der Waals surface area contributed by atoms with Crippen molar-refractivity contribution in [3.63, 3.8) is 0 Å². The lowest BCUT2D eigenvalue weighted by Crippen LogP contribution is -2.25. The average Bonchev–Trinajstić information content (AvgIpc) is 3.12. The number of ether oxygens (including phenoxy) is 4. The summed E-state index contributed by atoms with van der Waals surface area (Å²) in [4.78, 5) is 0. The second-order valence-corrected chi connectivity index (χ2v) is 12.6. The molecule has 0 spiro atoms. The van der Waals surface area contributed by atoms with Crippen LogP contribution in [-0.4, -0.2) is 6.61 Å². The van der Waals surface area contributed by atoms with E-state index in [1.165, 1.54) is 0 Å². The van der Waals surface area contributed by atoms with Gasteiger partial charge in [-0.1, -0.05) is 74.0 Å². The van der Waals surface area contributed by atoms with Gasteiger partial charge < -0.3 is 18.9 Å². The Morgan fingerprint density at radius 2 is 1.23 bits per heavy atom. The van der Waals surface area contributed by atoms with Crippen LogP contribution < -0.4 is 14.2 Å². The van der Waals surface area contributed by atoms with Crippen LogP contribution in [0.3, 0.4) is 0 Å². The molecular weight excluding hydrogens is 689 g/mol. The second-order valence-electron chi connectivity index (χ2n) is 12.6. The highest BCUT2D eigenvalue weighted by Gasteiger charge is 2.42. The van der Waals surface area contributed by atoms with E-state index in [1.807, 2.05) is 60.7 Å². The molecule has 0 aromatic heterocycles. The molecule has 4 nitrogen and oxygen atoms in total. The fourth-order valence-electron chi connectivity index (χ4n) is 6.27. The first-order chi connectivity index (χ1) is 25.0. The Morgan fingerprint density at radius 3 is 1.71 bits per heavy atom. The third-order valence-electron chi connectivity index (χ3n) is 8.83. The first-order valence-corrected chi connectivity index (χ1v) is 16.9. The molecule has 5 aromatic carbocycles. The van der Waals surface area contributed by atoms with Crippen LogP contribution in [0.4, 0.5) is 30.7 Å². The van der Waals surface area contributed by atoms with Crippen LogP contribution in [0.5, 0.6) is 17.2 Å². The molecule has 1 heterocycles. The van der Waals surface area contributed by atoms with Crippen molar-refractivity contribution in [2.45, 2.75) is 58.0 Å². The Bertz CT molecular complexity index is 1870. The molecule has 6 rings (SSSR count). The molecule has 52 heavy (non-hydrogen) atoms. The van der Waals surface area contributed by atoms with Crippen molar-refractivity contribution >= 4 is 0 Å². The van der Waals surface area contributed by atoms with Crippen molar-refractivity contribution in [2.24, 2.45) is 5.92 Å². The van der Waals surface area contributed by atoms with Crippen molar-refractivity contribution < 1.29 is 49.7 Å². The summed E-state index contributed by atoms with van der Waals surface area (Å²) in [7, 11) is 0. The lowest BCUT2D eigenvalue weighted by molar-refractivity contribution is -0.189. The van der Waals surface area contributed by atoms with Crippen molar-refractivity contribution in [3.8, 4) is 28.4 Å². The summed E-state index contributed by atoms with van der Waals surface area (Å²) in [6, 6.07) is 23.4. The predicted molar refractivity (Wildman–Crippen MR) is 181 cm³/mol. The molecule has 1 fully saturated rings. The van der Waals surface area contributed by atoms with Gasteiger partial charge in [0.25, 0.3) is 0 Å². The molecule has 0 radical (unpaired) electrons. The number of hydrogen-bond acceptors (Lipinski definition) is 4. The summed E-state index contributed by atoms with van der Waals surface area (Å²) >= 11 is 0. The molecule has 1 saturated heterocycles. The van der Waals surface area contributed by atoms with Crippen molar-refractivity contribution in [2.75, 3.05) is 6.61 Å². The largest absolute Gasteiger partial charge is 0.488 e. The summed E-state index contributed by atoms with van der Waals surface area (Å²) in [5.41, 5.74) is 0.361. The van der Waals surface area contributed by atoms with E-state index in [1.54, 1.807) is 12.1 Å². The summed E-state index contributed by atoms with van der Waals surface area (Å²) < 4.78 is 126. The molecule has 2 atom stereocenters. The Labute approximate surface area is 296 Å². The average molecular weight is 725 g/mol. The lowest BCUT2D eigenvalue weighted by Gasteiger charge is -2.30. The van der Waals surface area contributed by atoms with Crippen LogP contribution in [0, 0.1) is 35.0 Å². The van der Waals surface area contributed by atoms with Crippen molar-refractivity contribution in [1.29, 1.82) is 0 Å². The molecule has 0 aliphatic carbocycles. The van der Waals surface area contributed by atoms with E-state index in [9.17, 15) is 13.2 Å². The van der Waals surface area contributed by atoms with Gasteiger partial charge >= 0.3 is 6.11 Å². The van der Waals surface area contributed by atoms with E-state index < -0.39 is 46.5 Å². The fourth-order valence-corrected chi connectivity index (χ4v) is 6.27. The topological polar surface area (TPSA) is 36.9 Å². The highest BCUT2D eigenvalue weighted by atomic mass is 19.3. The molecule has 11 heteroatoms. The zero-order chi connectivity index (χ0) is 36.8. The lowest BCUT2D eigenvalue weighted by atomic mass is 9.90. The van der Waals surface area contributed by atoms with Crippen LogP contribution in [0.1, 0.15) is 61.0 Å². The summed E-state index contributed by atoms with van der Waals surface area (Å²) in [5, 5.41) is 0. The van der Waals surface area contributed by atoms with Crippen molar-refractivity contribution in [1.82, 2.24) is 0 Å². The van der Waals surface area contributed by atoms with Gasteiger partial charge in [-0.25, -0.2) is 22.0 Å². The first-order valence-electron chi connectivity index (χ1n) is 16.9. The summed E-state index contributed by atoms with van der Waals surface area (Å²) in [6.07, 6.45) is -1.36. The minimum Gasteiger partial charge on any atom is -0.488 e. The highest BCUT2D eigenvalue weighted by molar-refractivity contribution is 5.78. The maximum atomic E-state index is 15.7. The quantitative estimate of drug-likeness (QED) is 0.0895. The molecule has 272 valence electrons. The van der Waals surface area contributed by atoms with Gasteiger partial charge in [0, 0.05) is 12.1 Å². The van der Waals surface area contributed by atoms with Gasteiger partial charge in [-0.2, -0.15) is 8.78 Å². The van der Waals surface area contributed by atoms with Gasteiger partial charge in [0.05, 0.1) is 18.3 Å². The van der Waals surface area contributed by atoms with Gasteiger partial charge in [0.1, 0.15) is 47.7 Å². The van der Waals surface area contributed by atoms with Crippen LogP contribution in [0.2, 0.25) is 0 Å². The Hall–Kier alpha value is -5.03. The third kappa shape index (κ3) is 8.53. The fraction of sp³-hybridized carbons (Fsp3) is 0.268. The second kappa shape index (κ2) is 16.1. The summed E-state index contributed by atoms with van der Waals surface area (Å²) in [5.74, 6) is -9.46. The molecule has 0 saturated carbocycles. The smallest absolute Gasteiger partial charge is 0.432 e. The molecular formula is C41H35F7O4. The molecule has 1 aliphatic heterocycles.